The van der Waals surface area contributed by atoms with E-state index in [9.17, 15) is 21.6 Å². The second kappa shape index (κ2) is 6.15. The third-order valence-corrected chi connectivity index (χ3v) is 7.04. The molecule has 0 saturated carbocycles. The Labute approximate surface area is 156 Å². The van der Waals surface area contributed by atoms with Crippen molar-refractivity contribution >= 4 is 21.4 Å². The average molecular weight is 396 g/mol. The summed E-state index contributed by atoms with van der Waals surface area (Å²) < 4.78 is 67.3. The first kappa shape index (κ1) is 18.2. The Morgan fingerprint density at radius 3 is 2.41 bits per heavy atom. The fourth-order valence-corrected chi connectivity index (χ4v) is 5.35. The minimum absolute atomic E-state index is 0.0190. The Bertz CT molecular complexity index is 971. The maximum absolute atomic E-state index is 13.2. The SMILES string of the molecule is Cc1ccc(S(=O)(=O)N2C[C@H]3CCCN3c3ccc(C(F)(F)F)cc32)cc1. The second-order valence-corrected chi connectivity index (χ2v) is 8.90. The molecule has 4 nitrogen and oxygen atoms in total. The molecule has 0 radical (unpaired) electrons. The van der Waals surface area contributed by atoms with Crippen molar-refractivity contribution in [3.05, 3.63) is 53.6 Å². The summed E-state index contributed by atoms with van der Waals surface area (Å²) in [5, 5.41) is 0. The van der Waals surface area contributed by atoms with Gasteiger partial charge in [-0.05, 0) is 50.1 Å². The molecule has 0 aromatic heterocycles. The van der Waals surface area contributed by atoms with E-state index >= 15 is 0 Å². The van der Waals surface area contributed by atoms with Crippen LogP contribution in [0.1, 0.15) is 24.0 Å². The zero-order valence-corrected chi connectivity index (χ0v) is 15.5. The predicted octanol–water partition coefficient (Wildman–Crippen LogP) is 4.19. The minimum Gasteiger partial charge on any atom is -0.365 e. The van der Waals surface area contributed by atoms with Crippen molar-refractivity contribution in [1.29, 1.82) is 0 Å². The number of hydrogen-bond acceptors (Lipinski definition) is 3. The maximum atomic E-state index is 13.2. The maximum Gasteiger partial charge on any atom is 0.416 e. The van der Waals surface area contributed by atoms with E-state index in [4.69, 9.17) is 0 Å². The van der Waals surface area contributed by atoms with Gasteiger partial charge in [0, 0.05) is 12.6 Å². The van der Waals surface area contributed by atoms with Gasteiger partial charge in [-0.2, -0.15) is 13.2 Å². The summed E-state index contributed by atoms with van der Waals surface area (Å²) in [4.78, 5) is 2.11. The van der Waals surface area contributed by atoms with Crippen LogP contribution in [0.2, 0.25) is 0 Å². The van der Waals surface area contributed by atoms with E-state index in [0.717, 1.165) is 41.4 Å². The standard InChI is InChI=1S/C19H19F3N2O2S/c1-13-4-7-16(8-5-13)27(25,26)24-12-15-3-2-10-23(15)17-9-6-14(11-18(17)24)19(20,21)22/h4-9,11,15H,2-3,10,12H2,1H3/t15-/m1/s1. The highest BCUT2D eigenvalue weighted by Gasteiger charge is 2.41. The molecule has 0 N–H and O–H groups in total. The van der Waals surface area contributed by atoms with Crippen molar-refractivity contribution in [2.24, 2.45) is 0 Å². The zero-order chi connectivity index (χ0) is 19.4. The van der Waals surface area contributed by atoms with Crippen molar-refractivity contribution < 1.29 is 21.6 Å². The number of benzene rings is 2. The van der Waals surface area contributed by atoms with E-state index in [1.165, 1.54) is 18.2 Å². The van der Waals surface area contributed by atoms with E-state index in [-0.39, 0.29) is 23.2 Å². The fourth-order valence-electron chi connectivity index (χ4n) is 3.84. The Morgan fingerprint density at radius 1 is 1.04 bits per heavy atom. The third-order valence-electron chi connectivity index (χ3n) is 5.24. The normalized spacial score (nSPS) is 19.8. The van der Waals surface area contributed by atoms with E-state index in [1.807, 2.05) is 11.8 Å². The molecule has 0 spiro atoms. The lowest BCUT2D eigenvalue weighted by Gasteiger charge is -2.40. The molecule has 2 aromatic rings. The van der Waals surface area contributed by atoms with Crippen LogP contribution in [0, 0.1) is 6.92 Å². The Balaban J connectivity index is 1.86. The molecule has 1 atom stereocenters. The predicted molar refractivity (Wildman–Crippen MR) is 97.5 cm³/mol. The first-order chi connectivity index (χ1) is 12.7. The van der Waals surface area contributed by atoms with Gasteiger partial charge in [-0.3, -0.25) is 4.31 Å². The van der Waals surface area contributed by atoms with Gasteiger partial charge in [-0.15, -0.1) is 0 Å². The molecule has 27 heavy (non-hydrogen) atoms. The number of sulfonamides is 1. The third kappa shape index (κ3) is 3.05. The van der Waals surface area contributed by atoms with Crippen LogP contribution in [0.5, 0.6) is 0 Å². The van der Waals surface area contributed by atoms with Gasteiger partial charge in [0.15, 0.2) is 0 Å². The lowest BCUT2D eigenvalue weighted by molar-refractivity contribution is -0.137. The molecular formula is C19H19F3N2O2S. The molecule has 1 saturated heterocycles. The van der Waals surface area contributed by atoms with Crippen molar-refractivity contribution in [3.63, 3.8) is 0 Å². The highest BCUT2D eigenvalue weighted by atomic mass is 32.2. The van der Waals surface area contributed by atoms with Gasteiger partial charge in [0.1, 0.15) is 0 Å². The van der Waals surface area contributed by atoms with Crippen molar-refractivity contribution in [2.45, 2.75) is 36.9 Å². The Kier molecular flexibility index (Phi) is 4.14. The van der Waals surface area contributed by atoms with E-state index in [1.54, 1.807) is 12.1 Å². The van der Waals surface area contributed by atoms with Crippen LogP contribution in [0.25, 0.3) is 0 Å². The van der Waals surface area contributed by atoms with Gasteiger partial charge >= 0.3 is 6.18 Å². The topological polar surface area (TPSA) is 40.6 Å². The summed E-state index contributed by atoms with van der Waals surface area (Å²) in [5.74, 6) is 0. The summed E-state index contributed by atoms with van der Waals surface area (Å²) >= 11 is 0. The molecule has 4 rings (SSSR count). The molecule has 1 fully saturated rings. The molecule has 2 aromatic carbocycles. The van der Waals surface area contributed by atoms with E-state index < -0.39 is 21.8 Å². The van der Waals surface area contributed by atoms with Gasteiger partial charge < -0.3 is 4.90 Å². The van der Waals surface area contributed by atoms with Gasteiger partial charge in [-0.25, -0.2) is 8.42 Å². The number of aryl methyl sites for hydroxylation is 1. The quantitative estimate of drug-likeness (QED) is 0.764. The molecule has 2 aliphatic rings. The highest BCUT2D eigenvalue weighted by molar-refractivity contribution is 7.92. The molecule has 0 aliphatic carbocycles. The van der Waals surface area contributed by atoms with Crippen LogP contribution in [0.3, 0.4) is 0 Å². The molecule has 0 amide bonds. The number of anilines is 2. The number of halogens is 3. The Morgan fingerprint density at radius 2 is 1.74 bits per heavy atom. The lowest BCUT2D eigenvalue weighted by Crippen LogP contribution is -2.48. The van der Waals surface area contributed by atoms with Gasteiger partial charge in [0.25, 0.3) is 10.0 Å². The number of hydrogen-bond donors (Lipinski definition) is 0. The van der Waals surface area contributed by atoms with Gasteiger partial charge in [-0.1, -0.05) is 17.7 Å². The van der Waals surface area contributed by atoms with Crippen LogP contribution in [-0.4, -0.2) is 27.5 Å². The second-order valence-electron chi connectivity index (χ2n) is 7.04. The summed E-state index contributed by atoms with van der Waals surface area (Å²) in [6.45, 7) is 2.73. The molecule has 0 unspecified atom stereocenters. The molecule has 0 bridgehead atoms. The first-order valence-corrected chi connectivity index (χ1v) is 10.2. The lowest BCUT2D eigenvalue weighted by atomic mass is 10.1. The van der Waals surface area contributed by atoms with Crippen LogP contribution in [0.4, 0.5) is 24.5 Å². The summed E-state index contributed by atoms with van der Waals surface area (Å²) in [6.07, 6.45) is -2.82. The van der Waals surface area contributed by atoms with Gasteiger partial charge in [0.05, 0.1) is 28.4 Å². The number of nitrogens with zero attached hydrogens (tertiary/aromatic N) is 2. The molecule has 8 heteroatoms. The number of alkyl halides is 3. The van der Waals surface area contributed by atoms with Crippen LogP contribution >= 0.6 is 0 Å². The summed E-state index contributed by atoms with van der Waals surface area (Å²) in [5.41, 5.74) is 0.716. The van der Waals surface area contributed by atoms with E-state index in [0.29, 0.717) is 5.69 Å². The molecule has 2 heterocycles. The minimum atomic E-state index is -4.53. The summed E-state index contributed by atoms with van der Waals surface area (Å²) in [7, 11) is -3.95. The highest BCUT2D eigenvalue weighted by Crippen LogP contribution is 2.44. The molecule has 2 aliphatic heterocycles. The van der Waals surface area contributed by atoms with Gasteiger partial charge in [0.2, 0.25) is 0 Å². The summed E-state index contributed by atoms with van der Waals surface area (Å²) in [6, 6.07) is 9.73. The van der Waals surface area contributed by atoms with Crippen molar-refractivity contribution in [3.8, 4) is 0 Å². The molecule has 144 valence electrons. The average Bonchev–Trinajstić information content (AvgIpc) is 3.09. The monoisotopic (exact) mass is 396 g/mol. The number of fused-ring (bicyclic) bond motifs is 3. The number of rotatable bonds is 2. The van der Waals surface area contributed by atoms with Crippen LogP contribution in [-0.2, 0) is 16.2 Å². The van der Waals surface area contributed by atoms with Crippen LogP contribution < -0.4 is 9.21 Å². The van der Waals surface area contributed by atoms with Crippen LogP contribution in [0.15, 0.2) is 47.4 Å². The van der Waals surface area contributed by atoms with Crippen molar-refractivity contribution in [2.75, 3.05) is 22.3 Å². The molecular weight excluding hydrogens is 377 g/mol. The fraction of sp³-hybridized carbons (Fsp3) is 0.368. The Hall–Kier alpha value is -2.22. The van der Waals surface area contributed by atoms with E-state index in [2.05, 4.69) is 0 Å². The smallest absolute Gasteiger partial charge is 0.365 e. The first-order valence-electron chi connectivity index (χ1n) is 8.75. The van der Waals surface area contributed by atoms with Crippen molar-refractivity contribution in [1.82, 2.24) is 0 Å². The zero-order valence-electron chi connectivity index (χ0n) is 14.7. The largest absolute Gasteiger partial charge is 0.416 e.